The van der Waals surface area contributed by atoms with Crippen molar-refractivity contribution in [3.63, 3.8) is 0 Å². The zero-order valence-electron chi connectivity index (χ0n) is 9.75. The minimum absolute atomic E-state index is 0.223. The maximum atomic E-state index is 11.5. The second-order valence-electron chi connectivity index (χ2n) is 3.53. The first-order valence-electron chi connectivity index (χ1n) is 5.34. The van der Waals surface area contributed by atoms with E-state index in [9.17, 15) is 9.90 Å². The molecule has 2 rings (SSSR count). The predicted molar refractivity (Wildman–Crippen MR) is 69.9 cm³/mol. The number of carbonyl (C=O) groups is 1. The van der Waals surface area contributed by atoms with Gasteiger partial charge >= 0.3 is 0 Å². The molecule has 0 aliphatic heterocycles. The molecule has 0 fully saturated rings. The predicted octanol–water partition coefficient (Wildman–Crippen LogP) is 2.30. The summed E-state index contributed by atoms with van der Waals surface area (Å²) in [6, 6.07) is 10.5. The van der Waals surface area contributed by atoms with Crippen LogP contribution in [0.2, 0.25) is 0 Å². The van der Waals surface area contributed by atoms with E-state index in [-0.39, 0.29) is 11.7 Å². The molecule has 1 aromatic heterocycles. The van der Waals surface area contributed by atoms with E-state index in [1.165, 1.54) is 11.8 Å². The van der Waals surface area contributed by atoms with E-state index >= 15 is 0 Å². The van der Waals surface area contributed by atoms with Crippen molar-refractivity contribution in [3.8, 4) is 5.75 Å². The minimum Gasteiger partial charge on any atom is -0.507 e. The molecular weight excluding hydrogens is 248 g/mol. The van der Waals surface area contributed by atoms with Crippen LogP contribution in [0.25, 0.3) is 0 Å². The number of phenolic OH excluding ortho intramolecular Hbond substituents is 1. The van der Waals surface area contributed by atoms with Crippen LogP contribution in [-0.2, 0) is 0 Å². The van der Waals surface area contributed by atoms with Gasteiger partial charge in [0.05, 0.1) is 4.90 Å². The van der Waals surface area contributed by atoms with Crippen LogP contribution in [0.4, 0.5) is 0 Å². The van der Waals surface area contributed by atoms with Gasteiger partial charge in [0.1, 0.15) is 11.4 Å². The van der Waals surface area contributed by atoms with Crippen molar-refractivity contribution < 1.29 is 9.90 Å². The van der Waals surface area contributed by atoms with Crippen LogP contribution >= 0.6 is 11.8 Å². The van der Waals surface area contributed by atoms with Gasteiger partial charge in [-0.1, -0.05) is 23.9 Å². The summed E-state index contributed by atoms with van der Waals surface area (Å²) in [7, 11) is 1.56. The Hall–Kier alpha value is -2.01. The van der Waals surface area contributed by atoms with Crippen molar-refractivity contribution in [1.82, 2.24) is 10.3 Å². The van der Waals surface area contributed by atoms with Gasteiger partial charge in [0.15, 0.2) is 0 Å². The van der Waals surface area contributed by atoms with Crippen molar-refractivity contribution >= 4 is 17.7 Å². The molecule has 0 aliphatic carbocycles. The zero-order valence-corrected chi connectivity index (χ0v) is 10.6. The molecule has 0 spiro atoms. The third-order valence-electron chi connectivity index (χ3n) is 2.28. The third kappa shape index (κ3) is 2.81. The van der Waals surface area contributed by atoms with Gasteiger partial charge in [0.2, 0.25) is 0 Å². The van der Waals surface area contributed by atoms with E-state index in [0.717, 1.165) is 9.79 Å². The SMILES string of the molecule is CNC(=O)c1cc(Sc2ccccc2O)ccn1. The normalized spacial score (nSPS) is 10.1. The molecule has 1 amide bonds. The van der Waals surface area contributed by atoms with Crippen LogP contribution in [0, 0.1) is 0 Å². The molecule has 0 saturated carbocycles. The van der Waals surface area contributed by atoms with Crippen LogP contribution in [0.3, 0.4) is 0 Å². The number of benzene rings is 1. The molecule has 18 heavy (non-hydrogen) atoms. The number of para-hydroxylation sites is 1. The molecule has 0 unspecified atom stereocenters. The van der Waals surface area contributed by atoms with Crippen LogP contribution < -0.4 is 5.32 Å². The molecule has 5 heteroatoms. The molecular formula is C13H12N2O2S. The Bertz CT molecular complexity index is 572. The van der Waals surface area contributed by atoms with Crippen LogP contribution in [0.5, 0.6) is 5.75 Å². The first-order valence-corrected chi connectivity index (χ1v) is 6.16. The van der Waals surface area contributed by atoms with Gasteiger partial charge in [-0.3, -0.25) is 9.78 Å². The molecule has 0 radical (unpaired) electrons. The number of rotatable bonds is 3. The Morgan fingerprint density at radius 1 is 1.33 bits per heavy atom. The first-order chi connectivity index (χ1) is 8.70. The van der Waals surface area contributed by atoms with E-state index in [4.69, 9.17) is 0 Å². The lowest BCUT2D eigenvalue weighted by Crippen LogP contribution is -2.18. The number of pyridine rings is 1. The van der Waals surface area contributed by atoms with Gasteiger partial charge in [0.25, 0.3) is 5.91 Å². The summed E-state index contributed by atoms with van der Waals surface area (Å²) in [5, 5.41) is 12.2. The average Bonchev–Trinajstić information content (AvgIpc) is 2.41. The molecule has 0 bridgehead atoms. The van der Waals surface area contributed by atoms with Gasteiger partial charge in [-0.25, -0.2) is 0 Å². The third-order valence-corrected chi connectivity index (χ3v) is 3.34. The monoisotopic (exact) mass is 260 g/mol. The maximum absolute atomic E-state index is 11.5. The van der Waals surface area contributed by atoms with Crippen molar-refractivity contribution in [3.05, 3.63) is 48.3 Å². The summed E-state index contributed by atoms with van der Waals surface area (Å²) in [6.07, 6.45) is 1.58. The Morgan fingerprint density at radius 3 is 2.83 bits per heavy atom. The topological polar surface area (TPSA) is 62.2 Å². The van der Waals surface area contributed by atoms with Gasteiger partial charge in [-0.2, -0.15) is 0 Å². The number of aromatic nitrogens is 1. The second kappa shape index (κ2) is 5.55. The number of carbonyl (C=O) groups excluding carboxylic acids is 1. The van der Waals surface area contributed by atoms with Crippen molar-refractivity contribution in [2.75, 3.05) is 7.05 Å². The minimum atomic E-state index is -0.227. The summed E-state index contributed by atoms with van der Waals surface area (Å²) >= 11 is 1.39. The average molecular weight is 260 g/mol. The first kappa shape index (κ1) is 12.4. The molecule has 0 atom stereocenters. The number of nitrogens with zero attached hydrogens (tertiary/aromatic N) is 1. The highest BCUT2D eigenvalue weighted by Crippen LogP contribution is 2.33. The molecule has 4 nitrogen and oxygen atoms in total. The summed E-state index contributed by atoms with van der Waals surface area (Å²) in [4.78, 5) is 17.0. The second-order valence-corrected chi connectivity index (χ2v) is 4.64. The van der Waals surface area contributed by atoms with E-state index in [1.54, 1.807) is 37.5 Å². The van der Waals surface area contributed by atoms with E-state index in [1.807, 2.05) is 12.1 Å². The van der Waals surface area contributed by atoms with E-state index in [0.29, 0.717) is 5.69 Å². The molecule has 2 N–H and O–H groups in total. The summed E-state index contributed by atoms with van der Waals surface area (Å²) < 4.78 is 0. The highest BCUT2D eigenvalue weighted by molar-refractivity contribution is 7.99. The summed E-state index contributed by atoms with van der Waals surface area (Å²) in [6.45, 7) is 0. The Balaban J connectivity index is 2.25. The number of hydrogen-bond donors (Lipinski definition) is 2. The largest absolute Gasteiger partial charge is 0.507 e. The summed E-state index contributed by atoms with van der Waals surface area (Å²) in [5.41, 5.74) is 0.359. The van der Waals surface area contributed by atoms with Crippen LogP contribution in [0.15, 0.2) is 52.4 Å². The van der Waals surface area contributed by atoms with Gasteiger partial charge in [0, 0.05) is 18.1 Å². The van der Waals surface area contributed by atoms with Gasteiger partial charge in [-0.05, 0) is 24.3 Å². The number of phenols is 1. The fourth-order valence-electron chi connectivity index (χ4n) is 1.40. The van der Waals surface area contributed by atoms with E-state index in [2.05, 4.69) is 10.3 Å². The van der Waals surface area contributed by atoms with Gasteiger partial charge < -0.3 is 10.4 Å². The molecule has 1 heterocycles. The van der Waals surface area contributed by atoms with Crippen molar-refractivity contribution in [2.24, 2.45) is 0 Å². The Labute approximate surface area is 109 Å². The quantitative estimate of drug-likeness (QED) is 0.889. The molecule has 0 saturated heterocycles. The number of aromatic hydroxyl groups is 1. The molecule has 1 aromatic carbocycles. The fraction of sp³-hybridized carbons (Fsp3) is 0.0769. The Morgan fingerprint density at radius 2 is 2.11 bits per heavy atom. The highest BCUT2D eigenvalue weighted by Gasteiger charge is 2.07. The van der Waals surface area contributed by atoms with Crippen molar-refractivity contribution in [2.45, 2.75) is 9.79 Å². The lowest BCUT2D eigenvalue weighted by Gasteiger charge is -2.05. The lowest BCUT2D eigenvalue weighted by atomic mass is 10.3. The fourth-order valence-corrected chi connectivity index (χ4v) is 2.27. The number of nitrogens with one attached hydrogen (secondary N) is 1. The smallest absolute Gasteiger partial charge is 0.269 e. The Kier molecular flexibility index (Phi) is 3.84. The standard InChI is InChI=1S/C13H12N2O2S/c1-14-13(17)10-8-9(6-7-15-10)18-12-5-3-2-4-11(12)16/h2-8,16H,1H3,(H,14,17). The highest BCUT2D eigenvalue weighted by atomic mass is 32.2. The number of hydrogen-bond acceptors (Lipinski definition) is 4. The molecule has 0 aliphatic rings. The van der Waals surface area contributed by atoms with Crippen LogP contribution in [-0.4, -0.2) is 23.0 Å². The van der Waals surface area contributed by atoms with Gasteiger partial charge in [-0.15, -0.1) is 0 Å². The van der Waals surface area contributed by atoms with E-state index < -0.39 is 0 Å². The molecule has 92 valence electrons. The van der Waals surface area contributed by atoms with Crippen molar-refractivity contribution in [1.29, 1.82) is 0 Å². The van der Waals surface area contributed by atoms with Crippen LogP contribution in [0.1, 0.15) is 10.5 Å². The summed E-state index contributed by atoms with van der Waals surface area (Å²) in [5.74, 6) is -0.00413. The number of amides is 1. The maximum Gasteiger partial charge on any atom is 0.269 e. The lowest BCUT2D eigenvalue weighted by molar-refractivity contribution is 0.0958. The zero-order chi connectivity index (χ0) is 13.0. The molecule has 2 aromatic rings.